The van der Waals surface area contributed by atoms with E-state index >= 15 is 0 Å². The summed E-state index contributed by atoms with van der Waals surface area (Å²) in [6.45, 7) is 3.40. The topological polar surface area (TPSA) is 157 Å². The van der Waals surface area contributed by atoms with Crippen LogP contribution in [0.3, 0.4) is 0 Å². The van der Waals surface area contributed by atoms with Crippen molar-refractivity contribution in [1.29, 1.82) is 0 Å². The predicted octanol–water partition coefficient (Wildman–Crippen LogP) is 6.55. The van der Waals surface area contributed by atoms with Gasteiger partial charge in [-0.2, -0.15) is 18.2 Å². The Kier molecular flexibility index (Phi) is 10.0. The first-order valence-electron chi connectivity index (χ1n) is 14.4. The normalized spacial score (nSPS) is 17.7. The van der Waals surface area contributed by atoms with Crippen molar-refractivity contribution in [1.82, 2.24) is 15.3 Å². The van der Waals surface area contributed by atoms with E-state index in [9.17, 15) is 37.4 Å². The van der Waals surface area contributed by atoms with Crippen LogP contribution in [0.5, 0.6) is 0 Å². The van der Waals surface area contributed by atoms with Crippen molar-refractivity contribution in [3.63, 3.8) is 0 Å². The molecule has 1 saturated carbocycles. The number of anilines is 4. The zero-order valence-corrected chi connectivity index (χ0v) is 25.5. The molecule has 238 valence electrons. The van der Waals surface area contributed by atoms with E-state index in [4.69, 9.17) is 0 Å². The Bertz CT molecular complexity index is 1520. The maximum absolute atomic E-state index is 14.0. The molecule has 0 saturated heterocycles. The van der Waals surface area contributed by atoms with Crippen molar-refractivity contribution in [3.05, 3.63) is 70.9 Å². The number of aliphatic hydroxyl groups is 1. The first-order chi connectivity index (χ1) is 20.7. The Morgan fingerprint density at radius 2 is 1.64 bits per heavy atom. The van der Waals surface area contributed by atoms with Crippen LogP contribution >= 0.6 is 7.60 Å². The Balaban J connectivity index is 1.66. The van der Waals surface area contributed by atoms with Crippen molar-refractivity contribution >= 4 is 36.6 Å². The maximum Gasteiger partial charge on any atom is 0.421 e. The zero-order chi connectivity index (χ0) is 32.3. The summed E-state index contributed by atoms with van der Waals surface area (Å²) in [6, 6.07) is 11.2. The summed E-state index contributed by atoms with van der Waals surface area (Å²) in [5, 5.41) is 16.6. The fourth-order valence-electron chi connectivity index (χ4n) is 5.76. The zero-order valence-electron chi connectivity index (χ0n) is 24.6. The van der Waals surface area contributed by atoms with Crippen molar-refractivity contribution < 1.29 is 37.4 Å². The van der Waals surface area contributed by atoms with Gasteiger partial charge in [-0.05, 0) is 79.8 Å². The molecule has 0 spiro atoms. The van der Waals surface area contributed by atoms with E-state index in [2.05, 4.69) is 25.9 Å². The number of amides is 1. The van der Waals surface area contributed by atoms with Crippen LogP contribution < -0.4 is 16.0 Å². The van der Waals surface area contributed by atoms with E-state index in [1.54, 1.807) is 56.3 Å². The second-order valence-corrected chi connectivity index (χ2v) is 12.9. The third kappa shape index (κ3) is 7.07. The molecule has 0 atom stereocenters. The van der Waals surface area contributed by atoms with Crippen molar-refractivity contribution in [3.8, 4) is 0 Å². The van der Waals surface area contributed by atoms with Gasteiger partial charge in [0, 0.05) is 18.9 Å². The molecule has 0 aliphatic heterocycles. The lowest BCUT2D eigenvalue weighted by Crippen LogP contribution is -2.24. The monoisotopic (exact) mass is 635 g/mol. The highest BCUT2D eigenvalue weighted by atomic mass is 31.2. The summed E-state index contributed by atoms with van der Waals surface area (Å²) in [5.41, 5.74) is 0.819. The van der Waals surface area contributed by atoms with Gasteiger partial charge in [-0.25, -0.2) is 4.98 Å². The molecular formula is C30H37F3N5O5P. The molecule has 6 N–H and O–H groups in total. The highest BCUT2D eigenvalue weighted by Crippen LogP contribution is 2.61. The van der Waals surface area contributed by atoms with Gasteiger partial charge < -0.3 is 30.8 Å². The molecule has 14 heteroatoms. The molecule has 0 radical (unpaired) electrons. The minimum absolute atomic E-state index is 0.115. The minimum atomic E-state index is -4.80. The fraction of sp³-hybridized carbons (Fsp3) is 0.433. The van der Waals surface area contributed by atoms with E-state index in [0.717, 1.165) is 18.4 Å². The van der Waals surface area contributed by atoms with Gasteiger partial charge in [0.25, 0.3) is 5.91 Å². The number of hydrogen-bond donors (Lipinski definition) is 6. The van der Waals surface area contributed by atoms with E-state index in [0.29, 0.717) is 30.3 Å². The smallest absolute Gasteiger partial charge is 0.393 e. The third-order valence-corrected chi connectivity index (χ3v) is 10.4. The molecule has 1 aromatic heterocycles. The molecule has 1 aliphatic carbocycles. The van der Waals surface area contributed by atoms with Gasteiger partial charge in [-0.3, -0.25) is 9.36 Å². The van der Waals surface area contributed by atoms with E-state index in [-0.39, 0.29) is 42.1 Å². The number of aliphatic hydroxyl groups excluding tert-OH is 1. The van der Waals surface area contributed by atoms with E-state index in [1.165, 1.54) is 7.05 Å². The molecule has 1 amide bonds. The Hall–Kier alpha value is -3.51. The molecule has 44 heavy (non-hydrogen) atoms. The third-order valence-electron chi connectivity index (χ3n) is 8.44. The van der Waals surface area contributed by atoms with E-state index < -0.39 is 36.2 Å². The minimum Gasteiger partial charge on any atom is -0.393 e. The number of halogens is 3. The van der Waals surface area contributed by atoms with Crippen LogP contribution in [0.2, 0.25) is 0 Å². The number of nitrogens with one attached hydrogen (secondary N) is 3. The molecule has 1 aliphatic rings. The number of carbonyl (C=O) groups excluding carboxylic acids is 1. The lowest BCUT2D eigenvalue weighted by Gasteiger charge is -2.33. The van der Waals surface area contributed by atoms with Crippen LogP contribution in [0.4, 0.5) is 36.3 Å². The molecule has 3 aromatic rings. The summed E-state index contributed by atoms with van der Waals surface area (Å²) in [5.74, 6) is -1.11. The Morgan fingerprint density at radius 1 is 1.00 bits per heavy atom. The van der Waals surface area contributed by atoms with Crippen LogP contribution in [0.1, 0.15) is 85.3 Å². The summed E-state index contributed by atoms with van der Waals surface area (Å²) in [7, 11) is -3.07. The number of aromatic nitrogens is 2. The van der Waals surface area contributed by atoms with E-state index in [1.807, 2.05) is 0 Å². The van der Waals surface area contributed by atoms with Crippen LogP contribution in [0.25, 0.3) is 0 Å². The number of alkyl halides is 3. The first-order valence-corrected chi connectivity index (χ1v) is 16.0. The molecule has 0 unspecified atom stereocenters. The highest BCUT2D eigenvalue weighted by Gasteiger charge is 2.45. The Morgan fingerprint density at radius 3 is 2.18 bits per heavy atom. The van der Waals surface area contributed by atoms with Gasteiger partial charge in [-0.1, -0.05) is 32.0 Å². The molecule has 1 fully saturated rings. The number of nitrogens with zero attached hydrogens (tertiary/aromatic N) is 2. The predicted molar refractivity (Wildman–Crippen MR) is 161 cm³/mol. The first kappa shape index (κ1) is 33.4. The summed E-state index contributed by atoms with van der Waals surface area (Å²) in [6.07, 6.45) is -1.36. The van der Waals surface area contributed by atoms with Crippen LogP contribution in [-0.2, 0) is 15.9 Å². The lowest BCUT2D eigenvalue weighted by molar-refractivity contribution is -0.137. The summed E-state index contributed by atoms with van der Waals surface area (Å²) < 4.78 is 54.3. The van der Waals surface area contributed by atoms with Gasteiger partial charge in [0.05, 0.1) is 22.5 Å². The van der Waals surface area contributed by atoms with Crippen molar-refractivity contribution in [2.24, 2.45) is 0 Å². The Labute approximate surface area is 253 Å². The SMILES string of the molecule is CCC(CC)(c1ccc(Nc2ncc(C(F)(F)F)c(Nc3ccc([C@H]4CC[C@H](O)CC4)cc3C(=O)NC)n2)cc1)P(=O)(O)O. The molecule has 10 nitrogen and oxygen atoms in total. The molecule has 0 bridgehead atoms. The standard InChI is InChI=1S/C30H37F3N5O5P/c1-4-29(5-2,44(41,42)43)20-9-11-21(12-10-20)36-28-35-17-24(30(31,32)33)26(38-28)37-25-15-8-19(16-23(25)27(40)34-3)18-6-13-22(39)14-7-18/h8-12,15-18,22,39H,4-7,13-14H2,1-3H3,(H,34,40)(H2,41,42,43)(H2,35,36,37,38)/t18-,22-. The molecule has 4 rings (SSSR count). The highest BCUT2D eigenvalue weighted by molar-refractivity contribution is 7.53. The fourth-order valence-corrected chi connectivity index (χ4v) is 7.07. The second-order valence-electron chi connectivity index (χ2n) is 11.0. The van der Waals surface area contributed by atoms with Gasteiger partial charge in [0.15, 0.2) is 0 Å². The van der Waals surface area contributed by atoms with Gasteiger partial charge >= 0.3 is 13.8 Å². The lowest BCUT2D eigenvalue weighted by atomic mass is 9.82. The van der Waals surface area contributed by atoms with Crippen LogP contribution in [0.15, 0.2) is 48.7 Å². The van der Waals surface area contributed by atoms with Gasteiger partial charge in [-0.15, -0.1) is 0 Å². The maximum atomic E-state index is 14.0. The average molecular weight is 636 g/mol. The van der Waals surface area contributed by atoms with Crippen LogP contribution in [-0.4, -0.2) is 43.9 Å². The molecule has 2 aromatic carbocycles. The number of carbonyl (C=O) groups is 1. The molecule has 1 heterocycles. The summed E-state index contributed by atoms with van der Waals surface area (Å²) >= 11 is 0. The van der Waals surface area contributed by atoms with Crippen molar-refractivity contribution in [2.75, 3.05) is 17.7 Å². The number of rotatable bonds is 10. The summed E-state index contributed by atoms with van der Waals surface area (Å²) in [4.78, 5) is 40.8. The second kappa shape index (κ2) is 13.2. The average Bonchev–Trinajstić information content (AvgIpc) is 2.98. The largest absolute Gasteiger partial charge is 0.421 e. The number of hydrogen-bond acceptors (Lipinski definition) is 7. The van der Waals surface area contributed by atoms with Gasteiger partial charge in [0.2, 0.25) is 5.95 Å². The van der Waals surface area contributed by atoms with Gasteiger partial charge in [0.1, 0.15) is 11.4 Å². The molecular weight excluding hydrogens is 598 g/mol. The number of benzene rings is 2. The quantitative estimate of drug-likeness (QED) is 0.136. The van der Waals surface area contributed by atoms with Crippen LogP contribution in [0, 0.1) is 0 Å². The van der Waals surface area contributed by atoms with Crippen molar-refractivity contribution in [2.45, 2.75) is 75.7 Å².